The predicted octanol–water partition coefficient (Wildman–Crippen LogP) is 5.62. The van der Waals surface area contributed by atoms with Gasteiger partial charge in [-0.3, -0.25) is 14.4 Å². The second-order valence-corrected chi connectivity index (χ2v) is 16.4. The van der Waals surface area contributed by atoms with Crippen LogP contribution in [0.5, 0.6) is 11.5 Å². The molecule has 17 heteroatoms. The van der Waals surface area contributed by atoms with Crippen LogP contribution < -0.4 is 36.9 Å². The molecule has 13 nitrogen and oxygen atoms in total. The summed E-state index contributed by atoms with van der Waals surface area (Å²) in [6.07, 6.45) is 13.0. The van der Waals surface area contributed by atoms with Crippen molar-refractivity contribution in [1.29, 1.82) is 0 Å². The van der Waals surface area contributed by atoms with Crippen LogP contribution >= 0.6 is 46.7 Å². The number of anilines is 2. The molecular weight excluding hydrogens is 820 g/mol. The number of rotatable bonds is 24. The van der Waals surface area contributed by atoms with Crippen LogP contribution in [0.4, 0.5) is 11.6 Å². The Morgan fingerprint density at radius 1 is 0.776 bits per heavy atom. The highest BCUT2D eigenvalue weighted by atomic mass is 35.5. The van der Waals surface area contributed by atoms with E-state index in [0.29, 0.717) is 24.6 Å². The molecule has 58 heavy (non-hydrogen) atoms. The van der Waals surface area contributed by atoms with Crippen LogP contribution in [0.3, 0.4) is 0 Å². The Hall–Kier alpha value is -3.63. The van der Waals surface area contributed by atoms with Crippen LogP contribution in [-0.2, 0) is 22.4 Å². The highest BCUT2D eigenvalue weighted by Gasteiger charge is 2.35. The Morgan fingerprint density at radius 2 is 1.28 bits per heavy atom. The fraction of sp³-hybridized carbons (Fsp3) is 0.537. The Morgan fingerprint density at radius 3 is 1.76 bits per heavy atom. The van der Waals surface area contributed by atoms with E-state index in [4.69, 9.17) is 32.5 Å². The van der Waals surface area contributed by atoms with Gasteiger partial charge in [0.2, 0.25) is 0 Å². The quantitative estimate of drug-likeness (QED) is 0.0428. The third kappa shape index (κ3) is 17.7. The fourth-order valence-corrected chi connectivity index (χ4v) is 7.84. The summed E-state index contributed by atoms with van der Waals surface area (Å²) in [5.41, 5.74) is 14.1. The molecule has 2 heterocycles. The summed E-state index contributed by atoms with van der Waals surface area (Å²) < 4.78 is 12.3. The molecule has 1 aromatic heterocycles. The number of carbonyl (C=O) groups is 3. The normalized spacial score (nSPS) is 14.4. The molecule has 3 amide bonds. The fourth-order valence-electron chi connectivity index (χ4n) is 6.85. The highest BCUT2D eigenvalue weighted by molar-refractivity contribution is 7.98. The average molecular weight is 881 g/mol. The minimum Gasteiger partial charge on any atom is -0.484 e. The van der Waals surface area contributed by atoms with Crippen molar-refractivity contribution in [1.82, 2.24) is 25.9 Å². The first kappa shape index (κ1) is 48.7. The van der Waals surface area contributed by atoms with Crippen molar-refractivity contribution in [3.05, 3.63) is 70.5 Å². The van der Waals surface area contributed by atoms with Crippen molar-refractivity contribution in [2.45, 2.75) is 57.4 Å². The average Bonchev–Trinajstić information content (AvgIpc) is 3.22. The van der Waals surface area contributed by atoms with Crippen molar-refractivity contribution in [3.63, 3.8) is 0 Å². The number of nitrogens with one attached hydrogen (secondary N) is 3. The monoisotopic (exact) mass is 879 g/mol. The van der Waals surface area contributed by atoms with E-state index in [9.17, 15) is 14.4 Å². The van der Waals surface area contributed by atoms with E-state index in [2.05, 4.69) is 74.3 Å². The van der Waals surface area contributed by atoms with Crippen molar-refractivity contribution in [2.24, 2.45) is 0 Å². The Balaban J connectivity index is 0.00000443. The second kappa shape index (κ2) is 27.2. The maximum atomic E-state index is 13.3. The number of benzene rings is 2. The zero-order chi connectivity index (χ0) is 42.2. The molecule has 1 unspecified atom stereocenters. The molecule has 3 aromatic rings. The number of nitrogens with two attached hydrogens (primary N) is 2. The summed E-state index contributed by atoms with van der Waals surface area (Å²) in [6, 6.07) is 15.8. The number of thioether (sulfide) groups is 2. The summed E-state index contributed by atoms with van der Waals surface area (Å²) in [5, 5.41) is 8.88. The molecule has 4 rings (SSSR count). The van der Waals surface area contributed by atoms with Gasteiger partial charge in [-0.1, -0.05) is 35.9 Å². The maximum absolute atomic E-state index is 13.3. The Bertz CT molecular complexity index is 1610. The van der Waals surface area contributed by atoms with Crippen molar-refractivity contribution in [2.75, 3.05) is 94.3 Å². The lowest BCUT2D eigenvalue weighted by molar-refractivity contribution is -0.933. The van der Waals surface area contributed by atoms with Gasteiger partial charge in [-0.2, -0.15) is 23.5 Å². The lowest BCUT2D eigenvalue weighted by atomic mass is 9.99. The smallest absolute Gasteiger partial charge is 0.274 e. The summed E-state index contributed by atoms with van der Waals surface area (Å²) in [6.45, 7) is 4.98. The number of aromatic nitrogens is 2. The molecule has 1 aliphatic rings. The van der Waals surface area contributed by atoms with Gasteiger partial charge < -0.3 is 41.4 Å². The molecule has 1 saturated heterocycles. The van der Waals surface area contributed by atoms with Crippen LogP contribution in [0.2, 0.25) is 5.15 Å². The van der Waals surface area contributed by atoms with E-state index in [1.54, 1.807) is 23.5 Å². The predicted molar refractivity (Wildman–Crippen MR) is 240 cm³/mol. The number of hydrogen-bond acceptors (Lipinski definition) is 11. The van der Waals surface area contributed by atoms with E-state index < -0.39 is 5.91 Å². The number of piperidine rings is 1. The van der Waals surface area contributed by atoms with Gasteiger partial charge in [-0.25, -0.2) is 9.97 Å². The summed E-state index contributed by atoms with van der Waals surface area (Å²) in [7, 11) is 0. The number of carbonyl (C=O) groups excluding carboxylic acids is 3. The molecule has 1 atom stereocenters. The van der Waals surface area contributed by atoms with Crippen LogP contribution in [0.1, 0.15) is 60.1 Å². The standard InChI is InChI=1S/C40H57ClN8O5S2.CH3Cl/c1-55-24-6-19-44-34(50)27-53-32-15-11-29(12-16-32)8-3-21-49(23-5-10-31(26-49)46-40(52)36-38(42)48-39(43)37(41)47-36)22-4-9-30-13-17-33(18-14-30)54-28-35(51)45-20-7-25-56-2;1-2/h11-18,31H,3-10,19-28H2,1-2H3,(H6-,42,43,44,45,46,48,50,51,52);1H3/p+1. The maximum Gasteiger partial charge on any atom is 0.274 e. The number of halogens is 2. The Kier molecular flexibility index (Phi) is 22.8. The molecule has 0 aliphatic carbocycles. The first-order valence-corrected chi connectivity index (χ1v) is 23.6. The largest absolute Gasteiger partial charge is 0.484 e. The summed E-state index contributed by atoms with van der Waals surface area (Å²) in [4.78, 5) is 45.6. The number of nitrogen functional groups attached to an aromatic ring is 2. The van der Waals surface area contributed by atoms with Crippen molar-refractivity contribution >= 4 is 76.1 Å². The molecule has 7 N–H and O–H groups in total. The number of alkyl halides is 1. The van der Waals surface area contributed by atoms with Gasteiger partial charge in [-0.05, 0) is 97.9 Å². The molecular formula is C41H61Cl2N8O5S2+. The first-order valence-electron chi connectivity index (χ1n) is 19.7. The Labute approximate surface area is 362 Å². The van der Waals surface area contributed by atoms with Crippen molar-refractivity contribution in [3.8, 4) is 11.5 Å². The lowest BCUT2D eigenvalue weighted by Crippen LogP contribution is -2.60. The molecule has 320 valence electrons. The van der Waals surface area contributed by atoms with Gasteiger partial charge in [0.15, 0.2) is 35.7 Å². The van der Waals surface area contributed by atoms with E-state index in [0.717, 1.165) is 93.5 Å². The number of likely N-dealkylation sites (tertiary alicyclic amines) is 1. The van der Waals surface area contributed by atoms with Crippen LogP contribution in [0, 0.1) is 0 Å². The number of nitrogens with zero attached hydrogens (tertiary/aromatic N) is 3. The molecule has 0 spiro atoms. The zero-order valence-electron chi connectivity index (χ0n) is 34.0. The van der Waals surface area contributed by atoms with Crippen LogP contribution in [0.25, 0.3) is 0 Å². The minimum atomic E-state index is -0.410. The van der Waals surface area contributed by atoms with Gasteiger partial charge in [0.05, 0.1) is 32.2 Å². The van der Waals surface area contributed by atoms with Gasteiger partial charge >= 0.3 is 0 Å². The van der Waals surface area contributed by atoms with Crippen LogP contribution in [-0.4, -0.2) is 121 Å². The molecule has 0 bridgehead atoms. The summed E-state index contributed by atoms with van der Waals surface area (Å²) >= 11 is 14.2. The number of hydrogen-bond donors (Lipinski definition) is 5. The SMILES string of the molecule is CCl.CSCCCNC(=O)COc1ccc(CCC[N+]2(CCCc3ccc(OCC(=O)NCCCSC)cc3)CCCC(NC(=O)c3nc(Cl)c(N)nc3N)C2)cc1. The third-order valence-electron chi connectivity index (χ3n) is 9.73. The number of amides is 3. The number of quaternary nitrogens is 1. The molecule has 1 aliphatic heterocycles. The van der Waals surface area contributed by atoms with E-state index in [1.807, 2.05) is 24.3 Å². The second-order valence-electron chi connectivity index (χ2n) is 14.1. The van der Waals surface area contributed by atoms with Gasteiger partial charge in [-0.15, -0.1) is 11.6 Å². The molecule has 2 aromatic carbocycles. The lowest BCUT2D eigenvalue weighted by Gasteiger charge is -2.45. The first-order chi connectivity index (χ1) is 28.1. The topological polar surface area (TPSA) is 184 Å². The van der Waals surface area contributed by atoms with Gasteiger partial charge in [0, 0.05) is 32.3 Å². The minimum absolute atomic E-state index is 0.00375. The molecule has 0 radical (unpaired) electrons. The van der Waals surface area contributed by atoms with Crippen LogP contribution in [0.15, 0.2) is 48.5 Å². The van der Waals surface area contributed by atoms with Gasteiger partial charge in [0.1, 0.15) is 11.5 Å². The van der Waals surface area contributed by atoms with E-state index >= 15 is 0 Å². The zero-order valence-corrected chi connectivity index (χ0v) is 37.2. The molecule has 1 fully saturated rings. The van der Waals surface area contributed by atoms with E-state index in [1.165, 1.54) is 17.5 Å². The van der Waals surface area contributed by atoms with Crippen molar-refractivity contribution < 1.29 is 28.3 Å². The highest BCUT2D eigenvalue weighted by Crippen LogP contribution is 2.25. The number of aryl methyl sites for hydroxylation is 2. The van der Waals surface area contributed by atoms with E-state index in [-0.39, 0.29) is 53.6 Å². The summed E-state index contributed by atoms with van der Waals surface area (Å²) in [5.74, 6) is 2.65. The third-order valence-corrected chi connectivity index (χ3v) is 11.4. The molecule has 0 saturated carbocycles. The van der Waals surface area contributed by atoms with Gasteiger partial charge in [0.25, 0.3) is 17.7 Å². The number of ether oxygens (including phenoxy) is 2.